The van der Waals surface area contributed by atoms with Crippen LogP contribution in [0.4, 0.5) is 0 Å². The second kappa shape index (κ2) is 8.98. The standard InChI is InChI=1S/C18H28O3/c1-6-15-11-17(16(7-2)12-19)18(10-14(15)5)21-20-9-8-13(3)4/h6-7,10,15,17-19H,1,3,8-9,11-12H2,2,4-5H3/b16-7-/t15-,17+,18?/m0/s1. The lowest BCUT2D eigenvalue weighted by Crippen LogP contribution is -2.31. The first-order valence-corrected chi connectivity index (χ1v) is 7.52. The van der Waals surface area contributed by atoms with E-state index in [2.05, 4.69) is 26.2 Å². The predicted molar refractivity (Wildman–Crippen MR) is 86.6 cm³/mol. The van der Waals surface area contributed by atoms with Gasteiger partial charge in [0.15, 0.2) is 0 Å². The molecule has 1 N–H and O–H groups in total. The molecular weight excluding hydrogens is 264 g/mol. The molecule has 21 heavy (non-hydrogen) atoms. The van der Waals surface area contributed by atoms with E-state index in [4.69, 9.17) is 9.78 Å². The van der Waals surface area contributed by atoms with Gasteiger partial charge in [0.05, 0.1) is 13.2 Å². The lowest BCUT2D eigenvalue weighted by Gasteiger charge is -2.33. The van der Waals surface area contributed by atoms with E-state index in [9.17, 15) is 5.11 Å². The number of allylic oxidation sites excluding steroid dienone is 3. The lowest BCUT2D eigenvalue weighted by atomic mass is 9.76. The van der Waals surface area contributed by atoms with Gasteiger partial charge in [0.2, 0.25) is 0 Å². The maximum atomic E-state index is 9.54. The molecule has 0 radical (unpaired) electrons. The van der Waals surface area contributed by atoms with Crippen molar-refractivity contribution in [2.24, 2.45) is 11.8 Å². The summed E-state index contributed by atoms with van der Waals surface area (Å²) < 4.78 is 0. The van der Waals surface area contributed by atoms with E-state index in [1.807, 2.05) is 26.0 Å². The van der Waals surface area contributed by atoms with Crippen LogP contribution in [-0.4, -0.2) is 24.4 Å². The fourth-order valence-electron chi connectivity index (χ4n) is 2.60. The van der Waals surface area contributed by atoms with E-state index >= 15 is 0 Å². The summed E-state index contributed by atoms with van der Waals surface area (Å²) in [7, 11) is 0. The minimum atomic E-state index is -0.162. The van der Waals surface area contributed by atoms with E-state index in [1.165, 1.54) is 5.57 Å². The molecule has 118 valence electrons. The molecule has 0 spiro atoms. The Hall–Kier alpha value is -1.16. The van der Waals surface area contributed by atoms with Gasteiger partial charge in [-0.05, 0) is 45.1 Å². The molecule has 0 heterocycles. The van der Waals surface area contributed by atoms with Crippen LogP contribution in [0.25, 0.3) is 0 Å². The molecule has 0 saturated carbocycles. The van der Waals surface area contributed by atoms with Gasteiger partial charge in [0.25, 0.3) is 0 Å². The molecule has 0 aromatic carbocycles. The molecule has 0 fully saturated rings. The van der Waals surface area contributed by atoms with Gasteiger partial charge in [-0.25, -0.2) is 9.78 Å². The maximum Gasteiger partial charge on any atom is 0.118 e. The second-order valence-corrected chi connectivity index (χ2v) is 5.71. The highest BCUT2D eigenvalue weighted by Gasteiger charge is 2.31. The first kappa shape index (κ1) is 17.9. The predicted octanol–water partition coefficient (Wildman–Crippen LogP) is 3.98. The zero-order valence-corrected chi connectivity index (χ0v) is 13.5. The summed E-state index contributed by atoms with van der Waals surface area (Å²) in [4.78, 5) is 10.9. The number of hydrogen-bond acceptors (Lipinski definition) is 3. The molecule has 3 atom stereocenters. The highest BCUT2D eigenvalue weighted by molar-refractivity contribution is 5.23. The van der Waals surface area contributed by atoms with Crippen molar-refractivity contribution in [2.45, 2.75) is 39.7 Å². The normalized spacial score (nSPS) is 26.4. The molecule has 0 aromatic heterocycles. The zero-order chi connectivity index (χ0) is 15.8. The summed E-state index contributed by atoms with van der Waals surface area (Å²) in [5.74, 6) is 0.447. The van der Waals surface area contributed by atoms with Gasteiger partial charge in [-0.3, -0.25) is 0 Å². The highest BCUT2D eigenvalue weighted by atomic mass is 17.2. The van der Waals surface area contributed by atoms with Crippen molar-refractivity contribution in [1.29, 1.82) is 0 Å². The van der Waals surface area contributed by atoms with E-state index < -0.39 is 0 Å². The third-order valence-corrected chi connectivity index (χ3v) is 4.02. The summed E-state index contributed by atoms with van der Waals surface area (Å²) in [6.45, 7) is 14.3. The average molecular weight is 292 g/mol. The van der Waals surface area contributed by atoms with Crippen LogP contribution in [0.5, 0.6) is 0 Å². The number of rotatable bonds is 8. The van der Waals surface area contributed by atoms with Gasteiger partial charge < -0.3 is 5.11 Å². The summed E-state index contributed by atoms with van der Waals surface area (Å²) in [5.41, 5.74) is 3.30. The summed E-state index contributed by atoms with van der Waals surface area (Å²) >= 11 is 0. The van der Waals surface area contributed by atoms with Crippen molar-refractivity contribution in [3.63, 3.8) is 0 Å². The average Bonchev–Trinajstić information content (AvgIpc) is 2.46. The van der Waals surface area contributed by atoms with Gasteiger partial charge in [0.1, 0.15) is 6.10 Å². The number of aliphatic hydroxyl groups excluding tert-OH is 1. The van der Waals surface area contributed by atoms with E-state index in [0.29, 0.717) is 12.5 Å². The van der Waals surface area contributed by atoms with Crippen molar-refractivity contribution >= 4 is 0 Å². The highest BCUT2D eigenvalue weighted by Crippen LogP contribution is 2.35. The third-order valence-electron chi connectivity index (χ3n) is 4.02. The fraction of sp³-hybridized carbons (Fsp3) is 0.556. The van der Waals surface area contributed by atoms with Crippen molar-refractivity contribution in [2.75, 3.05) is 13.2 Å². The van der Waals surface area contributed by atoms with Crippen LogP contribution < -0.4 is 0 Å². The molecule has 0 aliphatic heterocycles. The second-order valence-electron chi connectivity index (χ2n) is 5.71. The lowest BCUT2D eigenvalue weighted by molar-refractivity contribution is -0.321. The zero-order valence-electron chi connectivity index (χ0n) is 13.5. The van der Waals surface area contributed by atoms with Gasteiger partial charge in [-0.2, -0.15) is 0 Å². The van der Waals surface area contributed by atoms with Crippen molar-refractivity contribution in [1.82, 2.24) is 0 Å². The van der Waals surface area contributed by atoms with Crippen LogP contribution in [-0.2, 0) is 9.78 Å². The van der Waals surface area contributed by atoms with Crippen LogP contribution in [0.3, 0.4) is 0 Å². The summed E-state index contributed by atoms with van der Waals surface area (Å²) in [6.07, 6.45) is 7.52. The third kappa shape index (κ3) is 5.27. The molecule has 3 nitrogen and oxygen atoms in total. The Bertz CT molecular complexity index is 420. The maximum absolute atomic E-state index is 9.54. The molecule has 0 amide bonds. The van der Waals surface area contributed by atoms with Gasteiger partial charge >= 0.3 is 0 Å². The molecule has 1 rings (SSSR count). The fourth-order valence-corrected chi connectivity index (χ4v) is 2.60. The monoisotopic (exact) mass is 292 g/mol. The Morgan fingerprint density at radius 2 is 2.24 bits per heavy atom. The SMILES string of the molecule is C=C[C@H]1C[C@H](/C(=C\C)CO)C(OOCCC(=C)C)C=C1C. The largest absolute Gasteiger partial charge is 0.392 e. The van der Waals surface area contributed by atoms with Crippen LogP contribution in [0.15, 0.2) is 48.1 Å². The van der Waals surface area contributed by atoms with Crippen molar-refractivity contribution in [3.05, 3.63) is 48.1 Å². The molecule has 0 bridgehead atoms. The number of aliphatic hydroxyl groups is 1. The van der Waals surface area contributed by atoms with Gasteiger partial charge in [-0.15, -0.1) is 13.2 Å². The van der Waals surface area contributed by atoms with Crippen molar-refractivity contribution in [3.8, 4) is 0 Å². The van der Waals surface area contributed by atoms with Gasteiger partial charge in [0, 0.05) is 5.92 Å². The van der Waals surface area contributed by atoms with Crippen LogP contribution in [0.1, 0.15) is 33.6 Å². The number of hydrogen-bond donors (Lipinski definition) is 1. The minimum Gasteiger partial charge on any atom is -0.392 e. The Morgan fingerprint density at radius 3 is 2.76 bits per heavy atom. The van der Waals surface area contributed by atoms with Crippen LogP contribution in [0, 0.1) is 11.8 Å². The Labute approximate surface area is 128 Å². The van der Waals surface area contributed by atoms with E-state index in [1.54, 1.807) is 0 Å². The summed E-state index contributed by atoms with van der Waals surface area (Å²) in [5, 5.41) is 9.54. The van der Waals surface area contributed by atoms with E-state index in [0.717, 1.165) is 24.0 Å². The topological polar surface area (TPSA) is 38.7 Å². The molecule has 1 aliphatic carbocycles. The molecular formula is C18H28O3. The van der Waals surface area contributed by atoms with Crippen LogP contribution >= 0.6 is 0 Å². The first-order chi connectivity index (χ1) is 10.0. The van der Waals surface area contributed by atoms with Gasteiger partial charge in [-0.1, -0.05) is 29.4 Å². The summed E-state index contributed by atoms with van der Waals surface area (Å²) in [6, 6.07) is 0. The Balaban J connectivity index is 2.76. The molecule has 3 heteroatoms. The minimum absolute atomic E-state index is 0.0452. The molecule has 1 aliphatic rings. The Morgan fingerprint density at radius 1 is 1.52 bits per heavy atom. The quantitative estimate of drug-likeness (QED) is 0.318. The molecule has 1 unspecified atom stereocenters. The molecule has 0 aromatic rings. The smallest absolute Gasteiger partial charge is 0.118 e. The first-order valence-electron chi connectivity index (χ1n) is 7.52. The van der Waals surface area contributed by atoms with Crippen LogP contribution in [0.2, 0.25) is 0 Å². The Kier molecular flexibility index (Phi) is 7.65. The molecule has 0 saturated heterocycles. The van der Waals surface area contributed by atoms with E-state index in [-0.39, 0.29) is 18.6 Å². The van der Waals surface area contributed by atoms with Crippen molar-refractivity contribution < 1.29 is 14.9 Å².